The summed E-state index contributed by atoms with van der Waals surface area (Å²) in [6, 6.07) is 0. The second-order valence-corrected chi connectivity index (χ2v) is 3.79. The molecule has 2 aromatic heterocycles. The van der Waals surface area contributed by atoms with E-state index < -0.39 is 5.97 Å². The molecule has 0 saturated carbocycles. The summed E-state index contributed by atoms with van der Waals surface area (Å²) in [6.45, 7) is 2.78. The van der Waals surface area contributed by atoms with Crippen molar-refractivity contribution in [3.8, 4) is 10.6 Å². The van der Waals surface area contributed by atoms with Gasteiger partial charge in [0.25, 0.3) is 0 Å². The predicted octanol–water partition coefficient (Wildman–Crippen LogP) is 1.72. The third-order valence-electron chi connectivity index (χ3n) is 1.93. The van der Waals surface area contributed by atoms with Crippen LogP contribution < -0.4 is 0 Å². The molecule has 0 fully saturated rings. The number of rotatable bonds is 3. The number of aromatic carboxylic acids is 1. The van der Waals surface area contributed by atoms with Crippen molar-refractivity contribution in [1.82, 2.24) is 14.8 Å². The Hall–Kier alpha value is -1.69. The Labute approximate surface area is 90.0 Å². The van der Waals surface area contributed by atoms with Crippen LogP contribution in [0.5, 0.6) is 0 Å². The third kappa shape index (κ3) is 1.89. The van der Waals surface area contributed by atoms with Crippen LogP contribution in [0.25, 0.3) is 10.6 Å². The Balaban J connectivity index is 2.32. The van der Waals surface area contributed by atoms with E-state index in [0.717, 1.165) is 12.1 Å². The largest absolute Gasteiger partial charge is 0.476 e. The lowest BCUT2D eigenvalue weighted by atomic mass is 10.4. The molecule has 2 rings (SSSR count). The lowest BCUT2D eigenvalue weighted by Crippen LogP contribution is -1.95. The fraction of sp³-hybridized carbons (Fsp3) is 0.222. The van der Waals surface area contributed by atoms with Crippen LogP contribution in [0, 0.1) is 0 Å². The number of hydrogen-bond donors (Lipinski definition) is 1. The first kappa shape index (κ1) is 9.85. The maximum atomic E-state index is 10.6. The van der Waals surface area contributed by atoms with Crippen LogP contribution in [0.15, 0.2) is 17.8 Å². The molecule has 0 spiro atoms. The highest BCUT2D eigenvalue weighted by Gasteiger charge is 2.10. The van der Waals surface area contributed by atoms with Crippen LogP contribution in [-0.4, -0.2) is 25.8 Å². The summed E-state index contributed by atoms with van der Waals surface area (Å²) >= 11 is 1.31. The smallest absolute Gasteiger partial charge is 0.355 e. The first-order chi connectivity index (χ1) is 7.20. The third-order valence-corrected chi connectivity index (χ3v) is 2.82. The molecule has 0 bridgehead atoms. The van der Waals surface area contributed by atoms with E-state index in [1.165, 1.54) is 16.7 Å². The lowest BCUT2D eigenvalue weighted by molar-refractivity contribution is 0.0691. The average Bonchev–Trinajstić information content (AvgIpc) is 2.86. The molecule has 0 atom stereocenters. The van der Waals surface area contributed by atoms with Crippen LogP contribution in [0.4, 0.5) is 0 Å². The second-order valence-electron chi connectivity index (χ2n) is 2.93. The van der Waals surface area contributed by atoms with Gasteiger partial charge in [-0.25, -0.2) is 9.78 Å². The van der Waals surface area contributed by atoms with Crippen LogP contribution in [0.1, 0.15) is 17.4 Å². The number of hydrogen-bond acceptors (Lipinski definition) is 4. The topological polar surface area (TPSA) is 68.0 Å². The summed E-state index contributed by atoms with van der Waals surface area (Å²) in [7, 11) is 0. The Kier molecular flexibility index (Phi) is 2.51. The number of carboxylic acids is 1. The summed E-state index contributed by atoms with van der Waals surface area (Å²) in [5.74, 6) is -1.000. The highest BCUT2D eigenvalue weighted by molar-refractivity contribution is 7.13. The van der Waals surface area contributed by atoms with Gasteiger partial charge in [0.05, 0.1) is 6.20 Å². The molecule has 5 nitrogen and oxygen atoms in total. The van der Waals surface area contributed by atoms with Gasteiger partial charge < -0.3 is 5.11 Å². The molecule has 15 heavy (non-hydrogen) atoms. The zero-order valence-corrected chi connectivity index (χ0v) is 8.86. The summed E-state index contributed by atoms with van der Waals surface area (Å²) in [6.07, 6.45) is 3.54. The van der Waals surface area contributed by atoms with Gasteiger partial charge in [-0.15, -0.1) is 11.3 Å². The summed E-state index contributed by atoms with van der Waals surface area (Å²) in [4.78, 5) is 14.6. The summed E-state index contributed by atoms with van der Waals surface area (Å²) in [5.41, 5.74) is 0.939. The molecule has 0 amide bonds. The number of aryl methyl sites for hydroxylation is 1. The van der Waals surface area contributed by atoms with E-state index in [1.54, 1.807) is 10.9 Å². The fourth-order valence-corrected chi connectivity index (χ4v) is 1.92. The minimum atomic E-state index is -1.000. The quantitative estimate of drug-likeness (QED) is 0.860. The van der Waals surface area contributed by atoms with Crippen LogP contribution in [0.2, 0.25) is 0 Å². The van der Waals surface area contributed by atoms with Gasteiger partial charge in [0, 0.05) is 23.7 Å². The Bertz CT molecular complexity index is 489. The molecule has 2 aromatic rings. The highest BCUT2D eigenvalue weighted by Crippen LogP contribution is 2.22. The van der Waals surface area contributed by atoms with Gasteiger partial charge in [0.15, 0.2) is 5.69 Å². The molecule has 1 N–H and O–H groups in total. The number of nitrogens with zero attached hydrogens (tertiary/aromatic N) is 3. The molecule has 2 heterocycles. The van der Waals surface area contributed by atoms with Crippen molar-refractivity contribution in [1.29, 1.82) is 0 Å². The lowest BCUT2D eigenvalue weighted by Gasteiger charge is -1.90. The van der Waals surface area contributed by atoms with Crippen LogP contribution in [-0.2, 0) is 6.54 Å². The first-order valence-corrected chi connectivity index (χ1v) is 5.30. The van der Waals surface area contributed by atoms with E-state index in [1.807, 2.05) is 13.1 Å². The minimum absolute atomic E-state index is 0.0826. The minimum Gasteiger partial charge on any atom is -0.476 e. The molecule has 0 radical (unpaired) electrons. The fourth-order valence-electron chi connectivity index (χ4n) is 1.15. The van der Waals surface area contributed by atoms with Crippen molar-refractivity contribution in [3.05, 3.63) is 23.5 Å². The Morgan fingerprint density at radius 3 is 3.00 bits per heavy atom. The van der Waals surface area contributed by atoms with Crippen LogP contribution in [0.3, 0.4) is 0 Å². The maximum absolute atomic E-state index is 10.6. The number of thiazole rings is 1. The monoisotopic (exact) mass is 223 g/mol. The number of carbonyl (C=O) groups is 1. The van der Waals surface area contributed by atoms with Gasteiger partial charge in [0.2, 0.25) is 0 Å². The molecule has 6 heteroatoms. The molecule has 0 unspecified atom stereocenters. The standard InChI is InChI=1S/C9H9N3O2S/c1-2-12-4-6(3-10-12)8-11-7(5-15-8)9(13)14/h3-5H,2H2,1H3,(H,13,14). The van der Waals surface area contributed by atoms with E-state index >= 15 is 0 Å². The molecule has 78 valence electrons. The summed E-state index contributed by atoms with van der Waals surface area (Å²) in [5, 5.41) is 15.0. The van der Waals surface area contributed by atoms with Crippen molar-refractivity contribution in [2.45, 2.75) is 13.5 Å². The van der Waals surface area contributed by atoms with Crippen LogP contribution >= 0.6 is 11.3 Å². The molecule has 0 aliphatic carbocycles. The van der Waals surface area contributed by atoms with E-state index in [4.69, 9.17) is 5.11 Å². The average molecular weight is 223 g/mol. The van der Waals surface area contributed by atoms with E-state index in [9.17, 15) is 4.79 Å². The molecular formula is C9H9N3O2S. The second kappa shape index (κ2) is 3.82. The van der Waals surface area contributed by atoms with Gasteiger partial charge >= 0.3 is 5.97 Å². The SMILES string of the molecule is CCn1cc(-c2nc(C(=O)O)cs2)cn1. The zero-order valence-electron chi connectivity index (χ0n) is 8.04. The molecule has 0 saturated heterocycles. The van der Waals surface area contributed by atoms with Gasteiger partial charge in [-0.1, -0.05) is 0 Å². The predicted molar refractivity (Wildman–Crippen MR) is 56.0 cm³/mol. The van der Waals surface area contributed by atoms with Gasteiger partial charge in [0.1, 0.15) is 5.01 Å². The molecule has 0 aromatic carbocycles. The van der Waals surface area contributed by atoms with Crippen molar-refractivity contribution >= 4 is 17.3 Å². The van der Waals surface area contributed by atoms with Crippen molar-refractivity contribution < 1.29 is 9.90 Å². The van der Waals surface area contributed by atoms with Crippen molar-refractivity contribution in [2.75, 3.05) is 0 Å². The first-order valence-electron chi connectivity index (χ1n) is 4.42. The van der Waals surface area contributed by atoms with E-state index in [0.29, 0.717) is 5.01 Å². The molecular weight excluding hydrogens is 214 g/mol. The van der Waals surface area contributed by atoms with Crippen molar-refractivity contribution in [3.63, 3.8) is 0 Å². The Morgan fingerprint density at radius 1 is 1.67 bits per heavy atom. The molecule has 0 aliphatic heterocycles. The van der Waals surface area contributed by atoms with E-state index in [2.05, 4.69) is 10.1 Å². The number of carboxylic acid groups (broad SMARTS) is 1. The van der Waals surface area contributed by atoms with Gasteiger partial charge in [-0.2, -0.15) is 5.10 Å². The highest BCUT2D eigenvalue weighted by atomic mass is 32.1. The summed E-state index contributed by atoms with van der Waals surface area (Å²) < 4.78 is 1.77. The molecule has 0 aliphatic rings. The van der Waals surface area contributed by atoms with E-state index in [-0.39, 0.29) is 5.69 Å². The Morgan fingerprint density at radius 2 is 2.47 bits per heavy atom. The zero-order chi connectivity index (χ0) is 10.8. The van der Waals surface area contributed by atoms with Gasteiger partial charge in [-0.05, 0) is 6.92 Å². The number of aromatic nitrogens is 3. The van der Waals surface area contributed by atoms with Crippen molar-refractivity contribution in [2.24, 2.45) is 0 Å². The maximum Gasteiger partial charge on any atom is 0.355 e. The van der Waals surface area contributed by atoms with Gasteiger partial charge in [-0.3, -0.25) is 4.68 Å². The normalized spacial score (nSPS) is 10.5.